The van der Waals surface area contributed by atoms with Crippen molar-refractivity contribution in [3.63, 3.8) is 0 Å². The summed E-state index contributed by atoms with van der Waals surface area (Å²) < 4.78 is 11.1. The lowest BCUT2D eigenvalue weighted by atomic mass is 9.71. The zero-order chi connectivity index (χ0) is 32.2. The number of benzene rings is 4. The summed E-state index contributed by atoms with van der Waals surface area (Å²) in [6.07, 6.45) is -0.770. The molecule has 0 amide bonds. The SMILES string of the molecule is COc1cc2c(-c3c4c(c(O)c5c(O)c(C)c(OC)cc35)C(=O)CC(C)(O)C4)c3c(c(O)c2c(O)c1C)C(=O)CC(C)(O)C3. The van der Waals surface area contributed by atoms with Gasteiger partial charge in [-0.05, 0) is 62.1 Å². The van der Waals surface area contributed by atoms with Crippen LogP contribution >= 0.6 is 0 Å². The van der Waals surface area contributed by atoms with Crippen LogP contribution in [0.3, 0.4) is 0 Å². The second-order valence-corrected chi connectivity index (χ2v) is 12.7. The number of aliphatic hydroxyl groups is 2. The summed E-state index contributed by atoms with van der Waals surface area (Å²) in [7, 11) is 2.83. The number of aromatic hydroxyl groups is 4. The van der Waals surface area contributed by atoms with Gasteiger partial charge in [-0.25, -0.2) is 0 Å². The minimum Gasteiger partial charge on any atom is -0.507 e. The molecule has 0 spiro atoms. The lowest BCUT2D eigenvalue weighted by molar-refractivity contribution is 0.0393. The molecule has 10 heteroatoms. The maximum absolute atomic E-state index is 13.6. The Balaban J connectivity index is 1.98. The largest absolute Gasteiger partial charge is 0.507 e. The maximum Gasteiger partial charge on any atom is 0.169 e. The Morgan fingerprint density at radius 3 is 1.25 bits per heavy atom. The first-order valence-electron chi connectivity index (χ1n) is 14.2. The van der Waals surface area contributed by atoms with E-state index < -0.39 is 34.3 Å². The molecule has 0 saturated heterocycles. The summed E-state index contributed by atoms with van der Waals surface area (Å²) in [5.74, 6) is -2.16. The Labute approximate surface area is 252 Å². The van der Waals surface area contributed by atoms with Gasteiger partial charge in [-0.15, -0.1) is 0 Å². The molecule has 0 aliphatic heterocycles. The molecule has 0 aromatic heterocycles. The molecule has 0 saturated carbocycles. The summed E-state index contributed by atoms with van der Waals surface area (Å²) >= 11 is 0. The fourth-order valence-corrected chi connectivity index (χ4v) is 7.18. The number of hydrogen-bond donors (Lipinski definition) is 6. The van der Waals surface area contributed by atoms with Crippen LogP contribution in [0.5, 0.6) is 34.5 Å². The van der Waals surface area contributed by atoms with Crippen molar-refractivity contribution in [2.75, 3.05) is 14.2 Å². The molecule has 0 fully saturated rings. The van der Waals surface area contributed by atoms with Gasteiger partial charge in [0.25, 0.3) is 0 Å². The first-order chi connectivity index (χ1) is 20.5. The van der Waals surface area contributed by atoms with Crippen LogP contribution in [-0.4, -0.2) is 67.6 Å². The van der Waals surface area contributed by atoms with Crippen LogP contribution in [0.15, 0.2) is 12.1 Å². The molecule has 2 unspecified atom stereocenters. The van der Waals surface area contributed by atoms with E-state index in [1.165, 1.54) is 28.1 Å². The van der Waals surface area contributed by atoms with Gasteiger partial charge < -0.3 is 40.1 Å². The number of rotatable bonds is 3. The quantitative estimate of drug-likeness (QED) is 0.190. The van der Waals surface area contributed by atoms with Gasteiger partial charge in [0.1, 0.15) is 34.5 Å². The monoisotopic (exact) mass is 602 g/mol. The molecule has 6 rings (SSSR count). The van der Waals surface area contributed by atoms with Crippen molar-refractivity contribution < 1.29 is 49.7 Å². The number of fused-ring (bicyclic) bond motifs is 4. The van der Waals surface area contributed by atoms with Gasteiger partial charge in [-0.2, -0.15) is 0 Å². The molecule has 0 bridgehead atoms. The first-order valence-corrected chi connectivity index (χ1v) is 14.2. The number of hydrogen-bond acceptors (Lipinski definition) is 10. The van der Waals surface area contributed by atoms with Crippen LogP contribution in [0, 0.1) is 13.8 Å². The number of phenols is 4. The van der Waals surface area contributed by atoms with Crippen molar-refractivity contribution in [1.29, 1.82) is 0 Å². The highest BCUT2D eigenvalue weighted by atomic mass is 16.5. The third-order valence-electron chi connectivity index (χ3n) is 9.15. The zero-order valence-corrected chi connectivity index (χ0v) is 25.3. The molecule has 10 nitrogen and oxygen atoms in total. The smallest absolute Gasteiger partial charge is 0.169 e. The van der Waals surface area contributed by atoms with Crippen LogP contribution in [0.2, 0.25) is 0 Å². The van der Waals surface area contributed by atoms with Gasteiger partial charge in [-0.1, -0.05) is 0 Å². The Kier molecular flexibility index (Phi) is 6.36. The van der Waals surface area contributed by atoms with Gasteiger partial charge in [-0.3, -0.25) is 9.59 Å². The molecule has 0 radical (unpaired) electrons. The molecule has 4 aromatic rings. The van der Waals surface area contributed by atoms with E-state index in [-0.39, 0.29) is 104 Å². The Morgan fingerprint density at radius 1 is 0.591 bits per heavy atom. The average molecular weight is 603 g/mol. The van der Waals surface area contributed by atoms with Crippen LogP contribution in [0.25, 0.3) is 32.7 Å². The molecule has 2 aliphatic carbocycles. The summed E-state index contributed by atoms with van der Waals surface area (Å²) in [6, 6.07) is 3.18. The fourth-order valence-electron chi connectivity index (χ4n) is 7.18. The number of carbonyl (C=O) groups excluding carboxylic acids is 2. The number of methoxy groups -OCH3 is 2. The standard InChI is InChI=1S/C34H34O10/c1-13-21(43-5)7-15-23(17-9-33(3,41)11-19(35)25(17)31(39)27(15)29(13)37)24-16-8-22(44-6)14(2)30(38)28(16)32(40)26-18(24)10-34(4,42)12-20(26)36/h7-8,37-42H,9-12H2,1-6H3. The van der Waals surface area contributed by atoms with E-state index in [2.05, 4.69) is 0 Å². The number of Topliss-reactive ketones (excluding diaryl/α,β-unsaturated/α-hetero) is 2. The molecule has 6 N–H and O–H groups in total. The first kappa shape index (κ1) is 29.5. The van der Waals surface area contributed by atoms with Gasteiger partial charge in [0.05, 0.1) is 47.3 Å². The van der Waals surface area contributed by atoms with Crippen molar-refractivity contribution in [2.45, 2.75) is 64.6 Å². The average Bonchev–Trinajstić information content (AvgIpc) is 2.91. The van der Waals surface area contributed by atoms with Crippen LogP contribution in [-0.2, 0) is 12.8 Å². The van der Waals surface area contributed by atoms with E-state index in [1.807, 2.05) is 0 Å². The minimum absolute atomic E-state index is 0.0425. The highest BCUT2D eigenvalue weighted by Crippen LogP contribution is 2.56. The molecular formula is C34H34O10. The van der Waals surface area contributed by atoms with Crippen molar-refractivity contribution in [3.05, 3.63) is 45.5 Å². The van der Waals surface area contributed by atoms with Gasteiger partial charge in [0.15, 0.2) is 11.6 Å². The van der Waals surface area contributed by atoms with Crippen LogP contribution in [0.1, 0.15) is 69.7 Å². The van der Waals surface area contributed by atoms with Crippen LogP contribution < -0.4 is 9.47 Å². The highest BCUT2D eigenvalue weighted by Gasteiger charge is 2.42. The van der Waals surface area contributed by atoms with E-state index in [4.69, 9.17) is 9.47 Å². The lowest BCUT2D eigenvalue weighted by Crippen LogP contribution is -2.37. The van der Waals surface area contributed by atoms with E-state index in [0.29, 0.717) is 11.1 Å². The Morgan fingerprint density at radius 2 is 0.932 bits per heavy atom. The van der Waals surface area contributed by atoms with Crippen molar-refractivity contribution in [2.24, 2.45) is 0 Å². The predicted molar refractivity (Wildman–Crippen MR) is 163 cm³/mol. The van der Waals surface area contributed by atoms with Gasteiger partial charge in [0, 0.05) is 47.6 Å². The van der Waals surface area contributed by atoms with Crippen molar-refractivity contribution >= 4 is 33.1 Å². The highest BCUT2D eigenvalue weighted by molar-refractivity contribution is 6.21. The lowest BCUT2D eigenvalue weighted by Gasteiger charge is -2.35. The second-order valence-electron chi connectivity index (χ2n) is 12.7. The van der Waals surface area contributed by atoms with Crippen molar-refractivity contribution in [1.82, 2.24) is 0 Å². The van der Waals surface area contributed by atoms with E-state index >= 15 is 0 Å². The van der Waals surface area contributed by atoms with Gasteiger partial charge in [0.2, 0.25) is 0 Å². The second kappa shape index (κ2) is 9.48. The third-order valence-corrected chi connectivity index (χ3v) is 9.15. The number of ether oxygens (including phenoxy) is 2. The maximum atomic E-state index is 13.6. The van der Waals surface area contributed by atoms with Crippen LogP contribution in [0.4, 0.5) is 0 Å². The van der Waals surface area contributed by atoms with E-state index in [1.54, 1.807) is 26.0 Å². The van der Waals surface area contributed by atoms with E-state index in [9.17, 15) is 40.2 Å². The zero-order valence-electron chi connectivity index (χ0n) is 25.3. The third kappa shape index (κ3) is 4.01. The molecule has 2 aliphatic rings. The Hall–Kier alpha value is -4.54. The molecule has 230 valence electrons. The van der Waals surface area contributed by atoms with Gasteiger partial charge >= 0.3 is 0 Å². The summed E-state index contributed by atoms with van der Waals surface area (Å²) in [6.45, 7) is 6.20. The normalized spacial score (nSPS) is 21.5. The molecule has 4 aromatic carbocycles. The summed E-state index contributed by atoms with van der Waals surface area (Å²) in [5.41, 5.74) is -1.57. The summed E-state index contributed by atoms with van der Waals surface area (Å²) in [4.78, 5) is 27.2. The van der Waals surface area contributed by atoms with Crippen molar-refractivity contribution in [3.8, 4) is 45.6 Å². The fraction of sp³-hybridized carbons (Fsp3) is 0.353. The molecule has 2 atom stereocenters. The molecule has 44 heavy (non-hydrogen) atoms. The topological polar surface area (TPSA) is 174 Å². The minimum atomic E-state index is -1.51. The number of ketones is 2. The number of phenolic OH excluding ortho intramolecular Hbond substituents is 4. The molecule has 0 heterocycles. The summed E-state index contributed by atoms with van der Waals surface area (Å²) in [5, 5.41) is 68.8. The number of carbonyl (C=O) groups is 2. The predicted octanol–water partition coefficient (Wildman–Crippen LogP) is 4.88. The van der Waals surface area contributed by atoms with E-state index in [0.717, 1.165) is 0 Å². The molecular weight excluding hydrogens is 568 g/mol. The Bertz CT molecular complexity index is 1840.